The Kier molecular flexibility index (Phi) is 8.27. The van der Waals surface area contributed by atoms with E-state index in [2.05, 4.69) is 12.1 Å². The van der Waals surface area contributed by atoms with Crippen LogP contribution in [0.25, 0.3) is 0 Å². The van der Waals surface area contributed by atoms with E-state index in [1.807, 2.05) is 30.3 Å². The monoisotopic (exact) mass is 475 g/mol. The molecule has 0 spiro atoms. The van der Waals surface area contributed by atoms with Crippen molar-refractivity contribution in [1.29, 1.82) is 0 Å². The number of methoxy groups -OCH3 is 1. The molecular formula is C29H30FNO4. The summed E-state index contributed by atoms with van der Waals surface area (Å²) in [6.45, 7) is 0.924. The van der Waals surface area contributed by atoms with Crippen LogP contribution in [0.2, 0.25) is 0 Å². The fraction of sp³-hybridized carbons (Fsp3) is 0.310. The Morgan fingerprint density at radius 3 is 2.23 bits per heavy atom. The first-order valence-corrected chi connectivity index (χ1v) is 11.9. The SMILES string of the molecule is COCCC(=O)N1C[C@H](Cc2ccccc2)C[C@H]1C(=O)Cc1ccc(Oc2ccc(F)cc2)cc1. The van der Waals surface area contributed by atoms with Gasteiger partial charge in [-0.25, -0.2) is 4.39 Å². The Bertz CT molecular complexity index is 1120. The van der Waals surface area contributed by atoms with Gasteiger partial charge in [-0.3, -0.25) is 9.59 Å². The average Bonchev–Trinajstić information content (AvgIpc) is 3.30. The molecule has 0 aromatic heterocycles. The maximum atomic E-state index is 13.3. The summed E-state index contributed by atoms with van der Waals surface area (Å²) in [5.74, 6) is 1.06. The second-order valence-corrected chi connectivity index (χ2v) is 8.94. The highest BCUT2D eigenvalue weighted by molar-refractivity contribution is 5.91. The summed E-state index contributed by atoms with van der Waals surface area (Å²) in [5, 5.41) is 0. The van der Waals surface area contributed by atoms with Gasteiger partial charge in [0.15, 0.2) is 5.78 Å². The number of ketones is 1. The molecule has 1 aliphatic rings. The molecule has 0 bridgehead atoms. The molecule has 5 nitrogen and oxygen atoms in total. The molecular weight excluding hydrogens is 445 g/mol. The van der Waals surface area contributed by atoms with E-state index in [0.29, 0.717) is 31.1 Å². The van der Waals surface area contributed by atoms with Crippen molar-refractivity contribution in [1.82, 2.24) is 4.90 Å². The standard InChI is InChI=1S/C29H30FNO4/c1-34-16-15-29(33)31-20-23(17-21-5-3-2-4-6-21)18-27(31)28(32)19-22-7-11-25(12-8-22)35-26-13-9-24(30)10-14-26/h2-14,23,27H,15-20H2,1H3/t23-,27+/m1/s1. The Balaban J connectivity index is 1.41. The second kappa shape index (κ2) is 11.8. The van der Waals surface area contributed by atoms with E-state index in [1.54, 1.807) is 36.3 Å². The van der Waals surface area contributed by atoms with Crippen molar-refractivity contribution in [3.63, 3.8) is 0 Å². The number of nitrogens with zero attached hydrogens (tertiary/aromatic N) is 1. The third-order valence-electron chi connectivity index (χ3n) is 6.32. The minimum atomic E-state index is -0.428. The molecule has 1 aliphatic heterocycles. The molecule has 6 heteroatoms. The molecule has 35 heavy (non-hydrogen) atoms. The molecule has 0 N–H and O–H groups in total. The molecule has 1 fully saturated rings. The van der Waals surface area contributed by atoms with Crippen LogP contribution in [0.15, 0.2) is 78.9 Å². The second-order valence-electron chi connectivity index (χ2n) is 8.94. The molecule has 1 amide bonds. The largest absolute Gasteiger partial charge is 0.457 e. The number of rotatable bonds is 10. The predicted octanol–water partition coefficient (Wildman–Crippen LogP) is 5.23. The van der Waals surface area contributed by atoms with E-state index in [-0.39, 0.29) is 36.3 Å². The van der Waals surface area contributed by atoms with Gasteiger partial charge in [-0.1, -0.05) is 42.5 Å². The van der Waals surface area contributed by atoms with Gasteiger partial charge in [0.25, 0.3) is 0 Å². The predicted molar refractivity (Wildman–Crippen MR) is 132 cm³/mol. The maximum absolute atomic E-state index is 13.3. The minimum Gasteiger partial charge on any atom is -0.457 e. The number of likely N-dealkylation sites (tertiary alicyclic amines) is 1. The van der Waals surface area contributed by atoms with Gasteiger partial charge in [-0.2, -0.15) is 0 Å². The zero-order valence-corrected chi connectivity index (χ0v) is 19.9. The first-order chi connectivity index (χ1) is 17.0. The number of benzene rings is 3. The van der Waals surface area contributed by atoms with E-state index in [1.165, 1.54) is 17.7 Å². The van der Waals surface area contributed by atoms with Crippen LogP contribution in [0.1, 0.15) is 24.0 Å². The van der Waals surface area contributed by atoms with Crippen LogP contribution < -0.4 is 4.74 Å². The highest BCUT2D eigenvalue weighted by Crippen LogP contribution is 2.29. The lowest BCUT2D eigenvalue weighted by atomic mass is 9.94. The number of carbonyl (C=O) groups is 2. The van der Waals surface area contributed by atoms with Crippen molar-refractivity contribution >= 4 is 11.7 Å². The quantitative estimate of drug-likeness (QED) is 0.403. The van der Waals surface area contributed by atoms with Gasteiger partial charge in [-0.15, -0.1) is 0 Å². The lowest BCUT2D eigenvalue weighted by Gasteiger charge is -2.24. The minimum absolute atomic E-state index is 0.0381. The summed E-state index contributed by atoms with van der Waals surface area (Å²) in [4.78, 5) is 27.9. The van der Waals surface area contributed by atoms with Crippen LogP contribution in [0.5, 0.6) is 11.5 Å². The molecule has 3 aromatic rings. The van der Waals surface area contributed by atoms with Crippen LogP contribution >= 0.6 is 0 Å². The van der Waals surface area contributed by atoms with Crippen LogP contribution in [0.3, 0.4) is 0 Å². The zero-order valence-electron chi connectivity index (χ0n) is 19.9. The molecule has 0 unspecified atom stereocenters. The smallest absolute Gasteiger partial charge is 0.225 e. The number of halogens is 1. The third kappa shape index (κ3) is 6.76. The van der Waals surface area contributed by atoms with Crippen molar-refractivity contribution in [2.24, 2.45) is 5.92 Å². The van der Waals surface area contributed by atoms with Crippen molar-refractivity contribution < 1.29 is 23.5 Å². The fourth-order valence-electron chi connectivity index (χ4n) is 4.57. The summed E-state index contributed by atoms with van der Waals surface area (Å²) in [6.07, 6.45) is 2.02. The van der Waals surface area contributed by atoms with E-state index in [0.717, 1.165) is 12.0 Å². The molecule has 182 valence electrons. The summed E-state index contributed by atoms with van der Waals surface area (Å²) in [6, 6.07) is 22.9. The average molecular weight is 476 g/mol. The molecule has 0 saturated carbocycles. The van der Waals surface area contributed by atoms with Crippen molar-refractivity contribution in [3.05, 3.63) is 95.8 Å². The van der Waals surface area contributed by atoms with E-state index < -0.39 is 6.04 Å². The van der Waals surface area contributed by atoms with Gasteiger partial charge in [0.05, 0.1) is 19.1 Å². The number of Topliss-reactive ketones (excluding diaryl/α,β-unsaturated/α-hetero) is 1. The number of hydrogen-bond acceptors (Lipinski definition) is 4. The zero-order chi connectivity index (χ0) is 24.6. The van der Waals surface area contributed by atoms with E-state index in [9.17, 15) is 14.0 Å². The highest BCUT2D eigenvalue weighted by atomic mass is 19.1. The van der Waals surface area contributed by atoms with Crippen LogP contribution in [0.4, 0.5) is 4.39 Å². The van der Waals surface area contributed by atoms with Crippen molar-refractivity contribution in [2.45, 2.75) is 31.7 Å². The number of hydrogen-bond donors (Lipinski definition) is 0. The Morgan fingerprint density at radius 1 is 0.914 bits per heavy atom. The van der Waals surface area contributed by atoms with Gasteiger partial charge >= 0.3 is 0 Å². The molecule has 4 rings (SSSR count). The van der Waals surface area contributed by atoms with Gasteiger partial charge in [0, 0.05) is 20.1 Å². The van der Waals surface area contributed by atoms with Crippen LogP contribution in [-0.4, -0.2) is 42.9 Å². The topological polar surface area (TPSA) is 55.8 Å². The highest BCUT2D eigenvalue weighted by Gasteiger charge is 2.38. The van der Waals surface area contributed by atoms with E-state index >= 15 is 0 Å². The molecule has 1 heterocycles. The Hall–Kier alpha value is -3.51. The summed E-state index contributed by atoms with van der Waals surface area (Å²) in [7, 11) is 1.57. The summed E-state index contributed by atoms with van der Waals surface area (Å²) < 4.78 is 23.9. The molecule has 0 radical (unpaired) electrons. The molecule has 3 aromatic carbocycles. The Labute approximate surface area is 205 Å². The summed E-state index contributed by atoms with van der Waals surface area (Å²) in [5.41, 5.74) is 2.07. The van der Waals surface area contributed by atoms with Gasteiger partial charge in [-0.05, 0) is 66.3 Å². The first kappa shape index (κ1) is 24.6. The number of carbonyl (C=O) groups excluding carboxylic acids is 2. The normalized spacial score (nSPS) is 17.4. The molecule has 0 aliphatic carbocycles. The summed E-state index contributed by atoms with van der Waals surface area (Å²) >= 11 is 0. The number of amides is 1. The lowest BCUT2D eigenvalue weighted by Crippen LogP contribution is -2.41. The Morgan fingerprint density at radius 2 is 1.57 bits per heavy atom. The fourth-order valence-corrected chi connectivity index (χ4v) is 4.57. The third-order valence-corrected chi connectivity index (χ3v) is 6.32. The van der Waals surface area contributed by atoms with E-state index in [4.69, 9.17) is 9.47 Å². The molecule has 1 saturated heterocycles. The number of ether oxygens (including phenoxy) is 2. The van der Waals surface area contributed by atoms with Gasteiger partial charge in [0.2, 0.25) is 5.91 Å². The van der Waals surface area contributed by atoms with Crippen molar-refractivity contribution in [2.75, 3.05) is 20.3 Å². The van der Waals surface area contributed by atoms with Crippen LogP contribution in [0, 0.1) is 11.7 Å². The van der Waals surface area contributed by atoms with Gasteiger partial charge < -0.3 is 14.4 Å². The molecule has 2 atom stereocenters. The van der Waals surface area contributed by atoms with Crippen LogP contribution in [-0.2, 0) is 27.2 Å². The first-order valence-electron chi connectivity index (χ1n) is 11.9. The van der Waals surface area contributed by atoms with Crippen molar-refractivity contribution in [3.8, 4) is 11.5 Å². The lowest BCUT2D eigenvalue weighted by molar-refractivity contribution is -0.138. The maximum Gasteiger partial charge on any atom is 0.225 e. The van der Waals surface area contributed by atoms with Gasteiger partial charge in [0.1, 0.15) is 17.3 Å².